The van der Waals surface area contributed by atoms with Gasteiger partial charge in [-0.2, -0.15) is 0 Å². The van der Waals surface area contributed by atoms with Crippen molar-refractivity contribution in [3.05, 3.63) is 80.2 Å². The van der Waals surface area contributed by atoms with Crippen molar-refractivity contribution >= 4 is 16.9 Å². The standard InChI is InChI=1S/C20H29NO.C15H16O4/c1-13(2)14-6-8-16-15(12-14)7-9-17-19(16,3)10-5-11-20(17,4)18(21)22;1-8(2)4-5-10-11(16)7-13-14(15(10)18)12(17)6-9(3)19-13/h6,8,12-13,17H,5,7,9-11H2,1-4H3,(H2,21,22);4,6-7,16,18H,5H2,1-3H3. The summed E-state index contributed by atoms with van der Waals surface area (Å²) in [5, 5.41) is 20.2. The van der Waals surface area contributed by atoms with E-state index in [4.69, 9.17) is 10.2 Å². The van der Waals surface area contributed by atoms with Gasteiger partial charge < -0.3 is 20.4 Å². The van der Waals surface area contributed by atoms with E-state index in [0.29, 0.717) is 29.6 Å². The van der Waals surface area contributed by atoms with Gasteiger partial charge in [-0.05, 0) is 86.8 Å². The third-order valence-corrected chi connectivity index (χ3v) is 9.52. The Kier molecular flexibility index (Phi) is 8.45. The molecule has 3 atom stereocenters. The van der Waals surface area contributed by atoms with Gasteiger partial charge in [0.1, 0.15) is 28.2 Å². The molecule has 2 aromatic carbocycles. The summed E-state index contributed by atoms with van der Waals surface area (Å²) in [6.45, 7) is 14.5. The number of rotatable bonds is 4. The van der Waals surface area contributed by atoms with Crippen LogP contribution in [-0.2, 0) is 23.1 Å². The van der Waals surface area contributed by atoms with Gasteiger partial charge in [0, 0.05) is 23.1 Å². The number of benzene rings is 2. The molecule has 1 amide bonds. The van der Waals surface area contributed by atoms with Crippen LogP contribution in [0.1, 0.15) is 101 Å². The van der Waals surface area contributed by atoms with Crippen LogP contribution >= 0.6 is 0 Å². The molecule has 0 saturated heterocycles. The maximum atomic E-state index is 12.2. The van der Waals surface area contributed by atoms with Crippen molar-refractivity contribution < 1.29 is 19.4 Å². The lowest BCUT2D eigenvalue weighted by Crippen LogP contribution is -2.54. The molecule has 4 N–H and O–H groups in total. The maximum Gasteiger partial charge on any atom is 0.223 e. The van der Waals surface area contributed by atoms with Crippen molar-refractivity contribution in [3.63, 3.8) is 0 Å². The Balaban J connectivity index is 0.000000191. The second kappa shape index (κ2) is 11.4. The number of hydrogen-bond donors (Lipinski definition) is 3. The van der Waals surface area contributed by atoms with E-state index in [1.54, 1.807) is 6.92 Å². The summed E-state index contributed by atoms with van der Waals surface area (Å²) in [4.78, 5) is 24.1. The smallest absolute Gasteiger partial charge is 0.223 e. The molecule has 1 saturated carbocycles. The summed E-state index contributed by atoms with van der Waals surface area (Å²) >= 11 is 0. The number of phenolic OH excluding ortho intramolecular Hbond substituents is 2. The molecule has 1 heterocycles. The fraction of sp³-hybridized carbons (Fsp3) is 0.486. The van der Waals surface area contributed by atoms with Crippen molar-refractivity contribution in [2.75, 3.05) is 0 Å². The minimum atomic E-state index is -0.346. The van der Waals surface area contributed by atoms with E-state index in [1.165, 1.54) is 35.2 Å². The molecular weight excluding hydrogens is 514 g/mol. The Morgan fingerprint density at radius 2 is 1.85 bits per heavy atom. The van der Waals surface area contributed by atoms with Crippen LogP contribution in [-0.4, -0.2) is 16.1 Å². The minimum absolute atomic E-state index is 0.0729. The third-order valence-electron chi connectivity index (χ3n) is 9.52. The molecule has 1 fully saturated rings. The molecular formula is C35H45NO5. The Bertz CT molecular complexity index is 1560. The summed E-state index contributed by atoms with van der Waals surface area (Å²) in [5.41, 5.74) is 11.3. The third kappa shape index (κ3) is 5.66. The average molecular weight is 560 g/mol. The molecule has 0 radical (unpaired) electrons. The number of carbonyl (C=O) groups excluding carboxylic acids is 1. The number of phenols is 2. The normalized spacial score (nSPS) is 23.3. The number of fused-ring (bicyclic) bond motifs is 4. The highest BCUT2D eigenvalue weighted by molar-refractivity contribution is 5.86. The predicted octanol–water partition coefficient (Wildman–Crippen LogP) is 7.33. The van der Waals surface area contributed by atoms with Gasteiger partial charge in [-0.25, -0.2) is 0 Å². The van der Waals surface area contributed by atoms with Gasteiger partial charge in [-0.1, -0.05) is 64.0 Å². The SMILES string of the molecule is CC(C)=CCc1c(O)cc2oc(C)cc(=O)c2c1O.CC(C)c1ccc2c(c1)CCC1C(C)(C(N)=O)CCCC21C. The van der Waals surface area contributed by atoms with E-state index in [2.05, 4.69) is 45.9 Å². The number of aromatic hydroxyl groups is 2. The first-order valence-electron chi connectivity index (χ1n) is 14.7. The van der Waals surface area contributed by atoms with Gasteiger partial charge in [0.2, 0.25) is 5.91 Å². The molecule has 2 aliphatic rings. The van der Waals surface area contributed by atoms with Gasteiger partial charge in [0.05, 0.1) is 0 Å². The molecule has 0 bridgehead atoms. The first-order valence-corrected chi connectivity index (χ1v) is 14.7. The first kappa shape index (κ1) is 30.4. The number of nitrogens with two attached hydrogens (primary N) is 1. The predicted molar refractivity (Wildman–Crippen MR) is 165 cm³/mol. The highest BCUT2D eigenvalue weighted by Crippen LogP contribution is 2.57. The molecule has 3 unspecified atom stereocenters. The van der Waals surface area contributed by atoms with E-state index < -0.39 is 0 Å². The number of hydrogen-bond acceptors (Lipinski definition) is 5. The van der Waals surface area contributed by atoms with Crippen LogP contribution in [0.15, 0.2) is 51.2 Å². The molecule has 6 heteroatoms. The van der Waals surface area contributed by atoms with Gasteiger partial charge in [-0.15, -0.1) is 0 Å². The van der Waals surface area contributed by atoms with Gasteiger partial charge in [0.15, 0.2) is 5.43 Å². The second-order valence-electron chi connectivity index (χ2n) is 13.0. The molecule has 220 valence electrons. The quantitative estimate of drug-likeness (QED) is 0.290. The highest BCUT2D eigenvalue weighted by Gasteiger charge is 2.54. The van der Waals surface area contributed by atoms with E-state index in [1.807, 2.05) is 19.9 Å². The summed E-state index contributed by atoms with van der Waals surface area (Å²) in [7, 11) is 0. The average Bonchev–Trinajstić information content (AvgIpc) is 2.87. The lowest BCUT2D eigenvalue weighted by Gasteiger charge is -2.54. The molecule has 6 nitrogen and oxygen atoms in total. The Morgan fingerprint density at radius 1 is 1.15 bits per heavy atom. The Hall–Kier alpha value is -3.54. The lowest BCUT2D eigenvalue weighted by molar-refractivity contribution is -0.135. The van der Waals surface area contributed by atoms with E-state index in [9.17, 15) is 19.8 Å². The summed E-state index contributed by atoms with van der Waals surface area (Å²) in [6.07, 6.45) is 7.62. The topological polar surface area (TPSA) is 114 Å². The minimum Gasteiger partial charge on any atom is -0.507 e. The number of carbonyl (C=O) groups is 1. The van der Waals surface area contributed by atoms with Crippen LogP contribution in [0.5, 0.6) is 11.5 Å². The number of primary amides is 1. The van der Waals surface area contributed by atoms with Crippen LogP contribution in [0, 0.1) is 18.3 Å². The summed E-state index contributed by atoms with van der Waals surface area (Å²) in [6, 6.07) is 9.72. The van der Waals surface area contributed by atoms with Gasteiger partial charge in [0.25, 0.3) is 0 Å². The van der Waals surface area contributed by atoms with Crippen LogP contribution in [0.25, 0.3) is 11.0 Å². The Labute approximate surface area is 243 Å². The van der Waals surface area contributed by atoms with Gasteiger partial charge >= 0.3 is 0 Å². The number of allylic oxidation sites excluding steroid dienone is 2. The van der Waals surface area contributed by atoms with Crippen LogP contribution in [0.4, 0.5) is 0 Å². The van der Waals surface area contributed by atoms with E-state index >= 15 is 0 Å². The molecule has 1 aromatic heterocycles. The fourth-order valence-corrected chi connectivity index (χ4v) is 7.12. The molecule has 3 aromatic rings. The van der Waals surface area contributed by atoms with Gasteiger partial charge in [-0.3, -0.25) is 9.59 Å². The zero-order valence-electron chi connectivity index (χ0n) is 25.6. The molecule has 0 spiro atoms. The first-order chi connectivity index (χ1) is 19.2. The second-order valence-corrected chi connectivity index (χ2v) is 13.0. The maximum absolute atomic E-state index is 12.2. The molecule has 2 aliphatic carbocycles. The van der Waals surface area contributed by atoms with Crippen molar-refractivity contribution in [2.24, 2.45) is 17.1 Å². The number of amides is 1. The van der Waals surface area contributed by atoms with Crippen molar-refractivity contribution in [2.45, 2.75) is 98.3 Å². The van der Waals surface area contributed by atoms with Crippen molar-refractivity contribution in [1.82, 2.24) is 0 Å². The van der Waals surface area contributed by atoms with Crippen LogP contribution in [0.2, 0.25) is 0 Å². The number of aryl methyl sites for hydroxylation is 2. The Morgan fingerprint density at radius 3 is 2.49 bits per heavy atom. The molecule has 41 heavy (non-hydrogen) atoms. The van der Waals surface area contributed by atoms with Crippen LogP contribution in [0.3, 0.4) is 0 Å². The van der Waals surface area contributed by atoms with Crippen molar-refractivity contribution in [1.29, 1.82) is 0 Å². The zero-order valence-corrected chi connectivity index (χ0v) is 25.6. The summed E-state index contributed by atoms with van der Waals surface area (Å²) < 4.78 is 5.35. The van der Waals surface area contributed by atoms with E-state index in [-0.39, 0.29) is 44.6 Å². The zero-order chi connectivity index (χ0) is 30.3. The lowest BCUT2D eigenvalue weighted by atomic mass is 9.49. The monoisotopic (exact) mass is 559 g/mol. The largest absolute Gasteiger partial charge is 0.507 e. The molecule has 0 aliphatic heterocycles. The van der Waals surface area contributed by atoms with Crippen LogP contribution < -0.4 is 11.2 Å². The van der Waals surface area contributed by atoms with Crippen molar-refractivity contribution in [3.8, 4) is 11.5 Å². The highest BCUT2D eigenvalue weighted by atomic mass is 16.3. The molecule has 5 rings (SSSR count). The van der Waals surface area contributed by atoms with E-state index in [0.717, 1.165) is 31.3 Å². The summed E-state index contributed by atoms with van der Waals surface area (Å²) in [5.74, 6) is 0.998. The fourth-order valence-electron chi connectivity index (χ4n) is 7.12.